The number of alkyl halides is 2. The molecule has 0 aliphatic rings. The van der Waals surface area contributed by atoms with Crippen molar-refractivity contribution in [3.05, 3.63) is 53.6 Å². The molecular weight excluding hydrogens is 384 g/mol. The molecule has 0 saturated carbocycles. The quantitative estimate of drug-likeness (QED) is 0.647. The van der Waals surface area contributed by atoms with Crippen LogP contribution in [0.15, 0.2) is 42.5 Å². The Morgan fingerprint density at radius 3 is 2.17 bits per heavy atom. The van der Waals surface area contributed by atoms with Crippen LogP contribution in [0.1, 0.15) is 42.6 Å². The van der Waals surface area contributed by atoms with Crippen LogP contribution in [0.4, 0.5) is 14.5 Å². The number of ether oxygens (including phenoxy) is 3. The van der Waals surface area contributed by atoms with E-state index in [-0.39, 0.29) is 17.1 Å². The number of carbonyl (C=O) groups is 2. The van der Waals surface area contributed by atoms with Crippen LogP contribution in [0.2, 0.25) is 0 Å². The molecule has 1 atom stereocenters. The number of amides is 1. The number of hydrogen-bond donors (Lipinski definition) is 1. The fourth-order valence-electron chi connectivity index (χ4n) is 2.47. The minimum Gasteiger partial charge on any atom is -0.493 e. The molecule has 2 aromatic carbocycles. The van der Waals surface area contributed by atoms with Gasteiger partial charge in [-0.05, 0) is 48.7 Å². The van der Waals surface area contributed by atoms with Crippen molar-refractivity contribution < 1.29 is 32.6 Å². The number of methoxy groups -OCH3 is 1. The summed E-state index contributed by atoms with van der Waals surface area (Å²) in [5.41, 5.74) is 1.75. The first-order valence-electron chi connectivity index (χ1n) is 8.96. The number of rotatable bonds is 8. The Kier molecular flexibility index (Phi) is 7.52. The number of esters is 1. The van der Waals surface area contributed by atoms with Gasteiger partial charge in [-0.15, -0.1) is 0 Å². The summed E-state index contributed by atoms with van der Waals surface area (Å²) in [5, 5.41) is 2.67. The molecule has 0 bridgehead atoms. The molecule has 0 saturated heterocycles. The first-order chi connectivity index (χ1) is 13.7. The summed E-state index contributed by atoms with van der Waals surface area (Å²) in [5.74, 6) is -1.20. The number of halogens is 2. The molecule has 0 heterocycles. The Hall–Kier alpha value is -3.16. The van der Waals surface area contributed by atoms with E-state index in [1.807, 2.05) is 12.1 Å². The SMILES string of the molecule is COc1cc(C(=O)O[C@@H](C)C(=O)Nc2ccc(C(C)C)cc2)ccc1OC(F)F. The second-order valence-electron chi connectivity index (χ2n) is 6.56. The molecule has 1 N–H and O–H groups in total. The fraction of sp³-hybridized carbons (Fsp3) is 0.333. The highest BCUT2D eigenvalue weighted by molar-refractivity contribution is 5.97. The maximum atomic E-state index is 12.4. The van der Waals surface area contributed by atoms with E-state index in [0.29, 0.717) is 11.6 Å². The largest absolute Gasteiger partial charge is 0.493 e. The van der Waals surface area contributed by atoms with Crippen molar-refractivity contribution in [1.29, 1.82) is 0 Å². The van der Waals surface area contributed by atoms with Gasteiger partial charge in [-0.3, -0.25) is 4.79 Å². The molecule has 0 radical (unpaired) electrons. The lowest BCUT2D eigenvalue weighted by molar-refractivity contribution is -0.123. The molecule has 0 aliphatic carbocycles. The third-order valence-corrected chi connectivity index (χ3v) is 4.11. The second-order valence-corrected chi connectivity index (χ2v) is 6.56. The van der Waals surface area contributed by atoms with Crippen molar-refractivity contribution in [3.63, 3.8) is 0 Å². The third-order valence-electron chi connectivity index (χ3n) is 4.11. The molecule has 8 heteroatoms. The van der Waals surface area contributed by atoms with Gasteiger partial charge in [0.2, 0.25) is 0 Å². The Morgan fingerprint density at radius 1 is 0.966 bits per heavy atom. The maximum Gasteiger partial charge on any atom is 0.387 e. The minimum atomic E-state index is -3.03. The van der Waals surface area contributed by atoms with Gasteiger partial charge in [-0.1, -0.05) is 26.0 Å². The van der Waals surface area contributed by atoms with Crippen LogP contribution in [0.25, 0.3) is 0 Å². The molecule has 0 aliphatic heterocycles. The van der Waals surface area contributed by atoms with Crippen LogP contribution in [-0.2, 0) is 9.53 Å². The second kappa shape index (κ2) is 9.86. The summed E-state index contributed by atoms with van der Waals surface area (Å²) in [7, 11) is 1.25. The summed E-state index contributed by atoms with van der Waals surface area (Å²) < 4.78 is 39.2. The van der Waals surface area contributed by atoms with Gasteiger partial charge in [0, 0.05) is 5.69 Å². The lowest BCUT2D eigenvalue weighted by Crippen LogP contribution is -2.30. The Labute approximate surface area is 167 Å². The number of anilines is 1. The molecule has 2 rings (SSSR count). The minimum absolute atomic E-state index is 0.0319. The molecule has 2 aromatic rings. The van der Waals surface area contributed by atoms with Gasteiger partial charge in [0.1, 0.15) is 0 Å². The molecule has 0 unspecified atom stereocenters. The van der Waals surface area contributed by atoms with E-state index in [0.717, 1.165) is 5.56 Å². The summed E-state index contributed by atoms with van der Waals surface area (Å²) in [6.45, 7) is 2.54. The van der Waals surface area contributed by atoms with Crippen molar-refractivity contribution in [3.8, 4) is 11.5 Å². The van der Waals surface area contributed by atoms with Crippen LogP contribution >= 0.6 is 0 Å². The number of hydrogen-bond acceptors (Lipinski definition) is 5. The zero-order valence-electron chi connectivity index (χ0n) is 16.6. The topological polar surface area (TPSA) is 73.9 Å². The number of carbonyl (C=O) groups excluding carboxylic acids is 2. The smallest absolute Gasteiger partial charge is 0.387 e. The van der Waals surface area contributed by atoms with Crippen molar-refractivity contribution in [2.45, 2.75) is 39.4 Å². The molecule has 6 nitrogen and oxygen atoms in total. The zero-order chi connectivity index (χ0) is 21.6. The van der Waals surface area contributed by atoms with Gasteiger partial charge < -0.3 is 19.5 Å². The summed E-state index contributed by atoms with van der Waals surface area (Å²) in [6, 6.07) is 11.0. The van der Waals surface area contributed by atoms with Gasteiger partial charge in [-0.2, -0.15) is 8.78 Å². The number of nitrogens with one attached hydrogen (secondary N) is 1. The van der Waals surface area contributed by atoms with Crippen molar-refractivity contribution in [2.24, 2.45) is 0 Å². The van der Waals surface area contributed by atoms with Crippen LogP contribution in [0.5, 0.6) is 11.5 Å². The predicted molar refractivity (Wildman–Crippen MR) is 104 cm³/mol. The zero-order valence-corrected chi connectivity index (χ0v) is 16.6. The van der Waals surface area contributed by atoms with Crippen LogP contribution in [-0.4, -0.2) is 31.7 Å². The van der Waals surface area contributed by atoms with Crippen LogP contribution < -0.4 is 14.8 Å². The average molecular weight is 407 g/mol. The maximum absolute atomic E-state index is 12.4. The van der Waals surface area contributed by atoms with Crippen molar-refractivity contribution in [2.75, 3.05) is 12.4 Å². The van der Waals surface area contributed by atoms with E-state index in [4.69, 9.17) is 9.47 Å². The van der Waals surface area contributed by atoms with Gasteiger partial charge in [-0.25, -0.2) is 4.79 Å². The first kappa shape index (κ1) is 22.1. The van der Waals surface area contributed by atoms with E-state index in [1.165, 1.54) is 32.2 Å². The van der Waals surface area contributed by atoms with E-state index in [9.17, 15) is 18.4 Å². The highest BCUT2D eigenvalue weighted by atomic mass is 19.3. The van der Waals surface area contributed by atoms with E-state index in [2.05, 4.69) is 23.9 Å². The highest BCUT2D eigenvalue weighted by Crippen LogP contribution is 2.29. The van der Waals surface area contributed by atoms with Gasteiger partial charge in [0.15, 0.2) is 17.6 Å². The molecule has 0 aromatic heterocycles. The van der Waals surface area contributed by atoms with Crippen molar-refractivity contribution in [1.82, 2.24) is 0 Å². The lowest BCUT2D eigenvalue weighted by Gasteiger charge is -2.15. The molecular formula is C21H23F2NO5. The Morgan fingerprint density at radius 2 is 1.62 bits per heavy atom. The average Bonchev–Trinajstić information content (AvgIpc) is 2.68. The monoisotopic (exact) mass is 407 g/mol. The first-order valence-corrected chi connectivity index (χ1v) is 8.96. The molecule has 0 fully saturated rings. The summed E-state index contributed by atoms with van der Waals surface area (Å²) >= 11 is 0. The molecule has 1 amide bonds. The van der Waals surface area contributed by atoms with Gasteiger partial charge in [0.25, 0.3) is 5.91 Å². The van der Waals surface area contributed by atoms with E-state index in [1.54, 1.807) is 12.1 Å². The Bertz CT molecular complexity index is 853. The van der Waals surface area contributed by atoms with Gasteiger partial charge >= 0.3 is 12.6 Å². The van der Waals surface area contributed by atoms with E-state index >= 15 is 0 Å². The lowest BCUT2D eigenvalue weighted by atomic mass is 10.0. The van der Waals surface area contributed by atoms with Crippen LogP contribution in [0.3, 0.4) is 0 Å². The standard InChI is InChI=1S/C21H23F2NO5/c1-12(2)14-5-8-16(9-6-14)24-19(25)13(3)28-20(26)15-7-10-17(29-21(22)23)18(11-15)27-4/h5-13,21H,1-4H3,(H,24,25)/t13-/m0/s1. The normalized spacial score (nSPS) is 11.9. The summed E-state index contributed by atoms with van der Waals surface area (Å²) in [6.07, 6.45) is -1.07. The molecule has 156 valence electrons. The van der Waals surface area contributed by atoms with Crippen molar-refractivity contribution >= 4 is 17.6 Å². The molecule has 29 heavy (non-hydrogen) atoms. The highest BCUT2D eigenvalue weighted by Gasteiger charge is 2.21. The van der Waals surface area contributed by atoms with Crippen LogP contribution in [0, 0.1) is 0 Å². The summed E-state index contributed by atoms with van der Waals surface area (Å²) in [4.78, 5) is 24.6. The van der Waals surface area contributed by atoms with Gasteiger partial charge in [0.05, 0.1) is 12.7 Å². The predicted octanol–water partition coefficient (Wildman–Crippen LogP) is 4.60. The number of benzene rings is 2. The van der Waals surface area contributed by atoms with E-state index < -0.39 is 24.6 Å². The fourth-order valence-corrected chi connectivity index (χ4v) is 2.47. The Balaban J connectivity index is 2.01. The third kappa shape index (κ3) is 6.17. The molecule has 0 spiro atoms.